The molecule has 1 aromatic heterocycles. The third-order valence-electron chi connectivity index (χ3n) is 3.65. The summed E-state index contributed by atoms with van der Waals surface area (Å²) in [6.07, 6.45) is 2.90. The number of piperidine rings is 1. The van der Waals surface area contributed by atoms with Crippen LogP contribution in [0, 0.1) is 0 Å². The smallest absolute Gasteiger partial charge is 0.274 e. The summed E-state index contributed by atoms with van der Waals surface area (Å²) in [5.74, 6) is -0.136. The lowest BCUT2D eigenvalue weighted by atomic mass is 10.1. The molecule has 1 aliphatic rings. The Labute approximate surface area is 122 Å². The van der Waals surface area contributed by atoms with Crippen molar-refractivity contribution in [2.24, 2.45) is 0 Å². The number of β-amino-alcohol motifs (C(OH)–C–C–N with tert-alkyl or cyclic N) is 1. The fourth-order valence-corrected chi connectivity index (χ4v) is 2.51. The van der Waals surface area contributed by atoms with Crippen LogP contribution in [0.2, 0.25) is 0 Å². The monoisotopic (exact) mass is 286 g/mol. The number of nitrogen functional groups attached to an aromatic ring is 1. The lowest BCUT2D eigenvalue weighted by molar-refractivity contribution is 0.0468. The van der Waals surface area contributed by atoms with Gasteiger partial charge in [-0.3, -0.25) is 4.79 Å². The molecule has 1 atom stereocenters. The van der Waals surface area contributed by atoms with Crippen molar-refractivity contribution in [1.82, 2.24) is 14.7 Å². The van der Waals surface area contributed by atoms with Gasteiger partial charge < -0.3 is 15.7 Å². The predicted octanol–water partition coefficient (Wildman–Crippen LogP) is 1.05. The van der Waals surface area contributed by atoms with Gasteiger partial charge in [-0.05, 0) is 43.2 Å². The molecular formula is C15H18N4O2. The van der Waals surface area contributed by atoms with Crippen molar-refractivity contribution in [2.45, 2.75) is 18.9 Å². The number of aliphatic hydroxyl groups is 1. The molecule has 1 fully saturated rings. The Bertz CT molecular complexity index is 635. The average molecular weight is 286 g/mol. The number of anilines is 1. The number of carbonyl (C=O) groups is 1. The molecule has 2 aromatic rings. The molecule has 1 amide bonds. The first-order valence-electron chi connectivity index (χ1n) is 7.02. The Morgan fingerprint density at radius 3 is 2.76 bits per heavy atom. The summed E-state index contributed by atoms with van der Waals surface area (Å²) in [5, 5.41) is 14.0. The summed E-state index contributed by atoms with van der Waals surface area (Å²) in [6.45, 7) is 1.05. The molecule has 21 heavy (non-hydrogen) atoms. The number of benzene rings is 1. The van der Waals surface area contributed by atoms with Crippen molar-refractivity contribution >= 4 is 11.6 Å². The Hall–Kier alpha value is -2.34. The molecule has 0 radical (unpaired) electrons. The molecule has 3 rings (SSSR count). The molecule has 0 spiro atoms. The van der Waals surface area contributed by atoms with Crippen LogP contribution in [0.25, 0.3) is 5.69 Å². The van der Waals surface area contributed by atoms with E-state index in [4.69, 9.17) is 5.73 Å². The van der Waals surface area contributed by atoms with Crippen molar-refractivity contribution in [3.05, 3.63) is 42.2 Å². The van der Waals surface area contributed by atoms with E-state index in [1.54, 1.807) is 34.0 Å². The van der Waals surface area contributed by atoms with Crippen molar-refractivity contribution in [2.75, 3.05) is 18.8 Å². The highest BCUT2D eigenvalue weighted by molar-refractivity contribution is 5.92. The molecule has 1 unspecified atom stereocenters. The summed E-state index contributed by atoms with van der Waals surface area (Å²) in [6, 6.07) is 8.97. The van der Waals surface area contributed by atoms with Crippen molar-refractivity contribution < 1.29 is 9.90 Å². The maximum atomic E-state index is 12.4. The van der Waals surface area contributed by atoms with Gasteiger partial charge in [-0.1, -0.05) is 0 Å². The normalized spacial score (nSPS) is 18.7. The molecule has 0 bridgehead atoms. The fraction of sp³-hybridized carbons (Fsp3) is 0.333. The number of hydrogen-bond donors (Lipinski definition) is 2. The van der Waals surface area contributed by atoms with E-state index in [2.05, 4.69) is 5.10 Å². The molecule has 0 saturated carbocycles. The Kier molecular flexibility index (Phi) is 3.62. The third-order valence-corrected chi connectivity index (χ3v) is 3.65. The summed E-state index contributed by atoms with van der Waals surface area (Å²) < 4.78 is 1.65. The van der Waals surface area contributed by atoms with E-state index in [0.29, 0.717) is 24.5 Å². The quantitative estimate of drug-likeness (QED) is 0.808. The van der Waals surface area contributed by atoms with Crippen LogP contribution in [0.1, 0.15) is 23.3 Å². The van der Waals surface area contributed by atoms with E-state index in [0.717, 1.165) is 18.5 Å². The van der Waals surface area contributed by atoms with Gasteiger partial charge in [0.25, 0.3) is 5.91 Å². The third kappa shape index (κ3) is 2.90. The van der Waals surface area contributed by atoms with E-state index >= 15 is 0 Å². The minimum absolute atomic E-state index is 0.136. The van der Waals surface area contributed by atoms with Gasteiger partial charge in [0.15, 0.2) is 5.69 Å². The van der Waals surface area contributed by atoms with E-state index in [9.17, 15) is 9.90 Å². The summed E-state index contributed by atoms with van der Waals surface area (Å²) in [7, 11) is 0. The van der Waals surface area contributed by atoms with Gasteiger partial charge in [0, 0.05) is 25.0 Å². The van der Waals surface area contributed by atoms with Crippen LogP contribution in [-0.2, 0) is 0 Å². The number of carbonyl (C=O) groups excluding carboxylic acids is 1. The van der Waals surface area contributed by atoms with Crippen LogP contribution in [-0.4, -0.2) is 44.9 Å². The fourth-order valence-electron chi connectivity index (χ4n) is 2.51. The van der Waals surface area contributed by atoms with Crippen LogP contribution in [0.3, 0.4) is 0 Å². The molecule has 3 N–H and O–H groups in total. The largest absolute Gasteiger partial charge is 0.399 e. The predicted molar refractivity (Wildman–Crippen MR) is 79.1 cm³/mol. The van der Waals surface area contributed by atoms with E-state index in [1.165, 1.54) is 0 Å². The lowest BCUT2D eigenvalue weighted by Gasteiger charge is -2.29. The van der Waals surface area contributed by atoms with E-state index < -0.39 is 6.10 Å². The summed E-state index contributed by atoms with van der Waals surface area (Å²) in [4.78, 5) is 14.0. The number of nitrogens with two attached hydrogens (primary N) is 1. The number of rotatable bonds is 2. The number of amides is 1. The first kappa shape index (κ1) is 13.6. The van der Waals surface area contributed by atoms with E-state index in [1.807, 2.05) is 12.1 Å². The standard InChI is InChI=1S/C15H18N4O2/c16-11-3-5-12(6-4-11)19-9-7-14(17-19)15(21)18-8-1-2-13(20)10-18/h3-7,9,13,20H,1-2,8,10,16H2. The summed E-state index contributed by atoms with van der Waals surface area (Å²) in [5.41, 5.74) is 7.58. The minimum Gasteiger partial charge on any atom is -0.399 e. The number of likely N-dealkylation sites (tertiary alicyclic amines) is 1. The minimum atomic E-state index is -0.429. The maximum Gasteiger partial charge on any atom is 0.274 e. The SMILES string of the molecule is Nc1ccc(-n2ccc(C(=O)N3CCCC(O)C3)n2)cc1. The Morgan fingerprint density at radius 2 is 2.05 bits per heavy atom. The highest BCUT2D eigenvalue weighted by Crippen LogP contribution is 2.15. The topological polar surface area (TPSA) is 84.4 Å². The van der Waals surface area contributed by atoms with Crippen molar-refractivity contribution in [3.63, 3.8) is 0 Å². The van der Waals surface area contributed by atoms with Gasteiger partial charge in [0.05, 0.1) is 11.8 Å². The van der Waals surface area contributed by atoms with Gasteiger partial charge in [0.1, 0.15) is 0 Å². The van der Waals surface area contributed by atoms with Gasteiger partial charge in [0.2, 0.25) is 0 Å². The summed E-state index contributed by atoms with van der Waals surface area (Å²) >= 11 is 0. The van der Waals surface area contributed by atoms with Crippen molar-refractivity contribution in [1.29, 1.82) is 0 Å². The van der Waals surface area contributed by atoms with E-state index in [-0.39, 0.29) is 5.91 Å². The zero-order chi connectivity index (χ0) is 14.8. The zero-order valence-corrected chi connectivity index (χ0v) is 11.6. The van der Waals surface area contributed by atoms with Gasteiger partial charge in [-0.2, -0.15) is 5.10 Å². The second kappa shape index (κ2) is 5.57. The van der Waals surface area contributed by atoms with Gasteiger partial charge >= 0.3 is 0 Å². The van der Waals surface area contributed by atoms with Crippen LogP contribution in [0.15, 0.2) is 36.5 Å². The molecular weight excluding hydrogens is 268 g/mol. The molecule has 1 saturated heterocycles. The van der Waals surface area contributed by atoms with Crippen molar-refractivity contribution in [3.8, 4) is 5.69 Å². The lowest BCUT2D eigenvalue weighted by Crippen LogP contribution is -2.42. The number of nitrogens with zero attached hydrogens (tertiary/aromatic N) is 3. The second-order valence-electron chi connectivity index (χ2n) is 5.28. The number of aromatic nitrogens is 2. The molecule has 6 nitrogen and oxygen atoms in total. The van der Waals surface area contributed by atoms with Crippen LogP contribution >= 0.6 is 0 Å². The first-order valence-corrected chi connectivity index (χ1v) is 7.02. The molecule has 6 heteroatoms. The first-order chi connectivity index (χ1) is 10.1. The Morgan fingerprint density at radius 1 is 1.29 bits per heavy atom. The van der Waals surface area contributed by atoms with Crippen LogP contribution in [0.5, 0.6) is 0 Å². The highest BCUT2D eigenvalue weighted by Gasteiger charge is 2.24. The number of aliphatic hydroxyl groups excluding tert-OH is 1. The highest BCUT2D eigenvalue weighted by atomic mass is 16.3. The molecule has 1 aromatic carbocycles. The molecule has 110 valence electrons. The molecule has 2 heterocycles. The van der Waals surface area contributed by atoms with Gasteiger partial charge in [-0.15, -0.1) is 0 Å². The molecule has 1 aliphatic heterocycles. The van der Waals surface area contributed by atoms with Gasteiger partial charge in [-0.25, -0.2) is 4.68 Å². The number of hydrogen-bond acceptors (Lipinski definition) is 4. The maximum absolute atomic E-state index is 12.4. The molecule has 0 aliphatic carbocycles. The average Bonchev–Trinajstić information content (AvgIpc) is 2.97. The van der Waals surface area contributed by atoms with Crippen LogP contribution in [0.4, 0.5) is 5.69 Å². The Balaban J connectivity index is 1.78. The van der Waals surface area contributed by atoms with Crippen LogP contribution < -0.4 is 5.73 Å². The second-order valence-corrected chi connectivity index (χ2v) is 5.28. The zero-order valence-electron chi connectivity index (χ0n) is 11.6.